The van der Waals surface area contributed by atoms with Crippen LogP contribution in [-0.4, -0.2) is 24.6 Å². The quantitative estimate of drug-likeness (QED) is 0.622. The van der Waals surface area contributed by atoms with Crippen LogP contribution in [0.15, 0.2) is 24.3 Å². The Labute approximate surface area is 108 Å². The number of non-ortho nitro benzene ring substituents is 1. The highest BCUT2D eigenvalue weighted by molar-refractivity contribution is 5.52. The summed E-state index contributed by atoms with van der Waals surface area (Å²) in [6, 6.07) is 6.81. The minimum Gasteiger partial charge on any atom is -0.374 e. The standard InChI is InChI=1S/C13H21N3O2/c1-10(2)13(14)7-8-15(3)11-5-4-6-12(9-11)16(17)18/h4-6,9-10,13H,7-8,14H2,1-3H3. The van der Waals surface area contributed by atoms with Gasteiger partial charge in [-0.25, -0.2) is 0 Å². The van der Waals surface area contributed by atoms with Crippen molar-refractivity contribution in [1.82, 2.24) is 0 Å². The van der Waals surface area contributed by atoms with Crippen LogP contribution >= 0.6 is 0 Å². The van der Waals surface area contributed by atoms with E-state index in [-0.39, 0.29) is 16.7 Å². The molecule has 100 valence electrons. The van der Waals surface area contributed by atoms with Crippen molar-refractivity contribution in [1.29, 1.82) is 0 Å². The van der Waals surface area contributed by atoms with Crippen LogP contribution < -0.4 is 10.6 Å². The molecule has 0 bridgehead atoms. The van der Waals surface area contributed by atoms with E-state index in [1.807, 2.05) is 18.0 Å². The smallest absolute Gasteiger partial charge is 0.271 e. The predicted octanol–water partition coefficient (Wildman–Crippen LogP) is 2.40. The number of hydrogen-bond acceptors (Lipinski definition) is 4. The third-order valence-electron chi connectivity index (χ3n) is 3.14. The van der Waals surface area contributed by atoms with Gasteiger partial charge in [0.25, 0.3) is 5.69 Å². The summed E-state index contributed by atoms with van der Waals surface area (Å²) in [6.07, 6.45) is 0.872. The fraction of sp³-hybridized carbons (Fsp3) is 0.538. The average molecular weight is 251 g/mol. The van der Waals surface area contributed by atoms with E-state index < -0.39 is 0 Å². The minimum absolute atomic E-state index is 0.118. The third kappa shape index (κ3) is 4.00. The Kier molecular flexibility index (Phi) is 5.09. The summed E-state index contributed by atoms with van der Waals surface area (Å²) in [5.74, 6) is 0.448. The Morgan fingerprint density at radius 3 is 2.67 bits per heavy atom. The van der Waals surface area contributed by atoms with E-state index >= 15 is 0 Å². The molecule has 0 fully saturated rings. The number of anilines is 1. The van der Waals surface area contributed by atoms with Crippen LogP contribution in [0.3, 0.4) is 0 Å². The minimum atomic E-state index is -0.378. The molecule has 1 atom stereocenters. The largest absolute Gasteiger partial charge is 0.374 e. The molecule has 0 radical (unpaired) electrons. The molecule has 1 rings (SSSR count). The second kappa shape index (κ2) is 6.35. The molecule has 0 saturated heterocycles. The molecule has 0 aromatic heterocycles. The molecule has 18 heavy (non-hydrogen) atoms. The Morgan fingerprint density at radius 2 is 2.11 bits per heavy atom. The van der Waals surface area contributed by atoms with Crippen molar-refractivity contribution in [3.05, 3.63) is 34.4 Å². The first-order chi connectivity index (χ1) is 8.41. The Balaban J connectivity index is 2.64. The maximum absolute atomic E-state index is 10.7. The van der Waals surface area contributed by atoms with Gasteiger partial charge in [-0.2, -0.15) is 0 Å². The van der Waals surface area contributed by atoms with Crippen LogP contribution in [0.25, 0.3) is 0 Å². The Morgan fingerprint density at radius 1 is 1.44 bits per heavy atom. The predicted molar refractivity (Wildman–Crippen MR) is 73.8 cm³/mol. The Hall–Kier alpha value is -1.62. The van der Waals surface area contributed by atoms with Crippen molar-refractivity contribution in [2.24, 2.45) is 11.7 Å². The van der Waals surface area contributed by atoms with Crippen LogP contribution in [0.2, 0.25) is 0 Å². The molecule has 1 aromatic carbocycles. The maximum atomic E-state index is 10.7. The van der Waals surface area contributed by atoms with Gasteiger partial charge in [-0.1, -0.05) is 19.9 Å². The highest BCUT2D eigenvalue weighted by Gasteiger charge is 2.11. The van der Waals surface area contributed by atoms with Gasteiger partial charge in [0, 0.05) is 37.5 Å². The lowest BCUT2D eigenvalue weighted by Gasteiger charge is -2.22. The van der Waals surface area contributed by atoms with Gasteiger partial charge >= 0.3 is 0 Å². The molecule has 0 heterocycles. The second-order valence-corrected chi connectivity index (χ2v) is 4.90. The molecule has 5 heteroatoms. The van der Waals surface area contributed by atoms with E-state index in [2.05, 4.69) is 13.8 Å². The number of rotatable bonds is 6. The van der Waals surface area contributed by atoms with Gasteiger partial charge in [0.15, 0.2) is 0 Å². The molecule has 2 N–H and O–H groups in total. The molecular formula is C13H21N3O2. The maximum Gasteiger partial charge on any atom is 0.271 e. The van der Waals surface area contributed by atoms with Crippen LogP contribution in [0.4, 0.5) is 11.4 Å². The second-order valence-electron chi connectivity index (χ2n) is 4.90. The number of nitrogens with zero attached hydrogens (tertiary/aromatic N) is 2. The van der Waals surface area contributed by atoms with Crippen LogP contribution in [0.5, 0.6) is 0 Å². The zero-order chi connectivity index (χ0) is 13.7. The van der Waals surface area contributed by atoms with E-state index in [1.165, 1.54) is 6.07 Å². The number of nitro benzene ring substituents is 1. The molecule has 0 aliphatic carbocycles. The monoisotopic (exact) mass is 251 g/mol. The molecule has 0 aliphatic heterocycles. The molecule has 0 aliphatic rings. The highest BCUT2D eigenvalue weighted by atomic mass is 16.6. The van der Waals surface area contributed by atoms with E-state index in [4.69, 9.17) is 5.73 Å². The highest BCUT2D eigenvalue weighted by Crippen LogP contribution is 2.20. The molecule has 0 saturated carbocycles. The summed E-state index contributed by atoms with van der Waals surface area (Å²) in [5, 5.41) is 10.7. The van der Waals surface area contributed by atoms with Crippen molar-refractivity contribution in [3.63, 3.8) is 0 Å². The first-order valence-electron chi connectivity index (χ1n) is 6.13. The number of nitrogens with two attached hydrogens (primary N) is 1. The van der Waals surface area contributed by atoms with Crippen molar-refractivity contribution in [2.45, 2.75) is 26.3 Å². The van der Waals surface area contributed by atoms with E-state index in [0.29, 0.717) is 5.92 Å². The first-order valence-corrected chi connectivity index (χ1v) is 6.13. The van der Waals surface area contributed by atoms with E-state index in [1.54, 1.807) is 12.1 Å². The summed E-state index contributed by atoms with van der Waals surface area (Å²) in [7, 11) is 1.92. The van der Waals surface area contributed by atoms with Gasteiger partial charge in [0.1, 0.15) is 0 Å². The van der Waals surface area contributed by atoms with Crippen LogP contribution in [0.1, 0.15) is 20.3 Å². The molecule has 5 nitrogen and oxygen atoms in total. The normalized spacial score (nSPS) is 12.5. The average Bonchev–Trinajstić information content (AvgIpc) is 2.35. The van der Waals surface area contributed by atoms with Gasteiger partial charge in [-0.15, -0.1) is 0 Å². The fourth-order valence-corrected chi connectivity index (χ4v) is 1.65. The zero-order valence-corrected chi connectivity index (χ0v) is 11.2. The molecule has 1 aromatic rings. The van der Waals surface area contributed by atoms with E-state index in [9.17, 15) is 10.1 Å². The number of nitro groups is 1. The summed E-state index contributed by atoms with van der Waals surface area (Å²) in [6.45, 7) is 4.98. The van der Waals surface area contributed by atoms with Gasteiger partial charge in [0.05, 0.1) is 4.92 Å². The lowest BCUT2D eigenvalue weighted by molar-refractivity contribution is -0.384. The van der Waals surface area contributed by atoms with Crippen molar-refractivity contribution in [2.75, 3.05) is 18.5 Å². The molecule has 0 spiro atoms. The first kappa shape index (κ1) is 14.4. The number of hydrogen-bond donors (Lipinski definition) is 1. The van der Waals surface area contributed by atoms with Gasteiger partial charge in [-0.05, 0) is 18.4 Å². The molecular weight excluding hydrogens is 230 g/mol. The summed E-state index contributed by atoms with van der Waals surface area (Å²) < 4.78 is 0. The SMILES string of the molecule is CC(C)C(N)CCN(C)c1cccc([N+](=O)[O-])c1. The third-order valence-corrected chi connectivity index (χ3v) is 3.14. The zero-order valence-electron chi connectivity index (χ0n) is 11.2. The van der Waals surface area contributed by atoms with Gasteiger partial charge in [0.2, 0.25) is 0 Å². The lowest BCUT2D eigenvalue weighted by Crippen LogP contribution is -2.31. The topological polar surface area (TPSA) is 72.4 Å². The molecule has 1 unspecified atom stereocenters. The lowest BCUT2D eigenvalue weighted by atomic mass is 10.0. The summed E-state index contributed by atoms with van der Waals surface area (Å²) in [4.78, 5) is 12.3. The number of benzene rings is 1. The van der Waals surface area contributed by atoms with Crippen molar-refractivity contribution >= 4 is 11.4 Å². The van der Waals surface area contributed by atoms with Crippen LogP contribution in [-0.2, 0) is 0 Å². The van der Waals surface area contributed by atoms with E-state index in [0.717, 1.165) is 18.7 Å². The van der Waals surface area contributed by atoms with Crippen LogP contribution in [0, 0.1) is 16.0 Å². The summed E-state index contributed by atoms with van der Waals surface area (Å²) in [5.41, 5.74) is 6.95. The molecule has 0 amide bonds. The van der Waals surface area contributed by atoms with Gasteiger partial charge in [-0.3, -0.25) is 10.1 Å². The summed E-state index contributed by atoms with van der Waals surface area (Å²) >= 11 is 0. The van der Waals surface area contributed by atoms with Gasteiger partial charge < -0.3 is 10.6 Å². The van der Waals surface area contributed by atoms with Crippen molar-refractivity contribution < 1.29 is 4.92 Å². The van der Waals surface area contributed by atoms with Crippen molar-refractivity contribution in [3.8, 4) is 0 Å². The Bertz CT molecular complexity index is 407. The fourth-order valence-electron chi connectivity index (χ4n) is 1.65.